The smallest absolute Gasteiger partial charge is 0.407 e. The van der Waals surface area contributed by atoms with E-state index in [0.717, 1.165) is 45.2 Å². The van der Waals surface area contributed by atoms with Gasteiger partial charge in [0.05, 0.1) is 0 Å². The molecule has 1 saturated carbocycles. The van der Waals surface area contributed by atoms with Gasteiger partial charge in [-0.05, 0) is 52.1 Å². The van der Waals surface area contributed by atoms with Crippen molar-refractivity contribution in [3.63, 3.8) is 0 Å². The molecule has 0 aromatic carbocycles. The number of carbonyl (C=O) groups is 2. The van der Waals surface area contributed by atoms with Gasteiger partial charge in [0.1, 0.15) is 0 Å². The molecule has 0 atom stereocenters. The van der Waals surface area contributed by atoms with Crippen LogP contribution in [0.15, 0.2) is 0 Å². The average Bonchev–Trinajstić information content (AvgIpc) is 2.49. The van der Waals surface area contributed by atoms with Gasteiger partial charge < -0.3 is 19.8 Å². The van der Waals surface area contributed by atoms with E-state index >= 15 is 0 Å². The van der Waals surface area contributed by atoms with E-state index in [1.807, 2.05) is 26.0 Å². The zero-order chi connectivity index (χ0) is 16.7. The average molecular weight is 313 g/mol. The summed E-state index contributed by atoms with van der Waals surface area (Å²) in [5.74, 6) is 0.974. The molecule has 0 radical (unpaired) electrons. The zero-order valence-corrected chi connectivity index (χ0v) is 14.4. The van der Waals surface area contributed by atoms with Crippen molar-refractivity contribution < 1.29 is 14.7 Å². The summed E-state index contributed by atoms with van der Waals surface area (Å²) >= 11 is 0. The Kier molecular flexibility index (Phi) is 7.65. The number of carbonyl (C=O) groups excluding carboxylic acids is 1. The molecular weight excluding hydrogens is 282 g/mol. The molecule has 0 aliphatic heterocycles. The quantitative estimate of drug-likeness (QED) is 0.778. The predicted molar refractivity (Wildman–Crippen MR) is 86.9 cm³/mol. The normalized spacial score (nSPS) is 21.7. The Bertz CT molecular complexity index is 366. The highest BCUT2D eigenvalue weighted by Crippen LogP contribution is 2.31. The van der Waals surface area contributed by atoms with E-state index in [-0.39, 0.29) is 11.8 Å². The Hall–Kier alpha value is -1.30. The summed E-state index contributed by atoms with van der Waals surface area (Å²) in [5.41, 5.74) is 0. The first kappa shape index (κ1) is 18.7. The first-order chi connectivity index (χ1) is 10.3. The second-order valence-electron chi connectivity index (χ2n) is 6.77. The molecule has 0 spiro atoms. The highest BCUT2D eigenvalue weighted by Gasteiger charge is 2.28. The lowest BCUT2D eigenvalue weighted by molar-refractivity contribution is -0.135. The van der Waals surface area contributed by atoms with E-state index in [9.17, 15) is 9.59 Å². The Balaban J connectivity index is 2.29. The molecular formula is C16H31N3O3. The third-order valence-electron chi connectivity index (χ3n) is 4.65. The lowest BCUT2D eigenvalue weighted by Gasteiger charge is -2.31. The van der Waals surface area contributed by atoms with Gasteiger partial charge in [0.15, 0.2) is 0 Å². The Morgan fingerprint density at radius 1 is 0.909 bits per heavy atom. The molecule has 2 amide bonds. The monoisotopic (exact) mass is 313 g/mol. The van der Waals surface area contributed by atoms with Gasteiger partial charge >= 0.3 is 6.09 Å². The van der Waals surface area contributed by atoms with Crippen LogP contribution in [0.25, 0.3) is 0 Å². The Labute approximate surface area is 134 Å². The molecule has 6 nitrogen and oxygen atoms in total. The van der Waals surface area contributed by atoms with Crippen molar-refractivity contribution in [1.82, 2.24) is 14.7 Å². The SMILES string of the molecule is CN(C)CCN(C)C(=O)C1CCC(CCN(C)C(=O)O)CC1. The van der Waals surface area contributed by atoms with E-state index in [1.54, 1.807) is 7.05 Å². The number of hydrogen-bond acceptors (Lipinski definition) is 3. The van der Waals surface area contributed by atoms with Crippen molar-refractivity contribution in [2.75, 3.05) is 47.8 Å². The first-order valence-electron chi connectivity index (χ1n) is 8.15. The summed E-state index contributed by atoms with van der Waals surface area (Å²) in [4.78, 5) is 28.4. The fraction of sp³-hybridized carbons (Fsp3) is 0.875. The lowest BCUT2D eigenvalue weighted by Crippen LogP contribution is -2.38. The van der Waals surface area contributed by atoms with Gasteiger partial charge in [0.2, 0.25) is 5.91 Å². The third-order valence-corrected chi connectivity index (χ3v) is 4.65. The molecule has 0 aromatic rings. The van der Waals surface area contributed by atoms with Gasteiger partial charge in [-0.25, -0.2) is 4.79 Å². The van der Waals surface area contributed by atoms with Crippen LogP contribution in [0.4, 0.5) is 4.79 Å². The van der Waals surface area contributed by atoms with Crippen LogP contribution in [0.3, 0.4) is 0 Å². The fourth-order valence-corrected chi connectivity index (χ4v) is 2.94. The van der Waals surface area contributed by atoms with Crippen molar-refractivity contribution in [1.29, 1.82) is 0 Å². The van der Waals surface area contributed by atoms with Crippen molar-refractivity contribution in [2.45, 2.75) is 32.1 Å². The van der Waals surface area contributed by atoms with Gasteiger partial charge in [-0.2, -0.15) is 0 Å². The number of hydrogen-bond donors (Lipinski definition) is 1. The number of carboxylic acid groups (broad SMARTS) is 1. The van der Waals surface area contributed by atoms with E-state index in [0.29, 0.717) is 12.5 Å². The number of rotatable bonds is 7. The molecule has 0 aromatic heterocycles. The summed E-state index contributed by atoms with van der Waals surface area (Å²) in [6, 6.07) is 0. The topological polar surface area (TPSA) is 64.1 Å². The molecule has 22 heavy (non-hydrogen) atoms. The van der Waals surface area contributed by atoms with E-state index < -0.39 is 6.09 Å². The molecule has 128 valence electrons. The van der Waals surface area contributed by atoms with Gasteiger partial charge in [0, 0.05) is 39.6 Å². The molecule has 1 fully saturated rings. The molecule has 1 rings (SSSR count). The summed E-state index contributed by atoms with van der Waals surface area (Å²) < 4.78 is 0. The van der Waals surface area contributed by atoms with Crippen LogP contribution in [0.1, 0.15) is 32.1 Å². The predicted octanol–water partition coefficient (Wildman–Crippen LogP) is 1.81. The van der Waals surface area contributed by atoms with Crippen LogP contribution in [0, 0.1) is 11.8 Å². The van der Waals surface area contributed by atoms with Crippen molar-refractivity contribution >= 4 is 12.0 Å². The molecule has 1 aliphatic carbocycles. The molecule has 6 heteroatoms. The highest BCUT2D eigenvalue weighted by atomic mass is 16.4. The van der Waals surface area contributed by atoms with E-state index in [2.05, 4.69) is 4.90 Å². The third kappa shape index (κ3) is 6.22. The molecule has 0 bridgehead atoms. The van der Waals surface area contributed by atoms with Crippen LogP contribution in [-0.2, 0) is 4.79 Å². The summed E-state index contributed by atoms with van der Waals surface area (Å²) in [6.07, 6.45) is 3.97. The second kappa shape index (κ2) is 8.98. The fourth-order valence-electron chi connectivity index (χ4n) is 2.94. The second-order valence-corrected chi connectivity index (χ2v) is 6.77. The molecule has 1 N–H and O–H groups in total. The van der Waals surface area contributed by atoms with E-state index in [4.69, 9.17) is 5.11 Å². The minimum Gasteiger partial charge on any atom is -0.465 e. The van der Waals surface area contributed by atoms with Crippen molar-refractivity contribution in [3.05, 3.63) is 0 Å². The van der Waals surface area contributed by atoms with Crippen LogP contribution in [-0.4, -0.2) is 79.6 Å². The highest BCUT2D eigenvalue weighted by molar-refractivity contribution is 5.78. The van der Waals surface area contributed by atoms with Crippen molar-refractivity contribution in [3.8, 4) is 0 Å². The standard InChI is InChI=1S/C16H31N3O3/c1-17(2)11-12-18(3)15(20)14-7-5-13(6-8-14)9-10-19(4)16(21)22/h13-14H,5-12H2,1-4H3,(H,21,22). The minimum atomic E-state index is -0.869. The number of likely N-dealkylation sites (N-methyl/N-ethyl adjacent to an activating group) is 2. The molecule has 0 heterocycles. The summed E-state index contributed by atoms with van der Waals surface area (Å²) in [7, 11) is 7.52. The van der Waals surface area contributed by atoms with Crippen LogP contribution >= 0.6 is 0 Å². The van der Waals surface area contributed by atoms with Gasteiger partial charge in [0.25, 0.3) is 0 Å². The molecule has 0 unspecified atom stereocenters. The molecule has 1 aliphatic rings. The maximum absolute atomic E-state index is 12.4. The minimum absolute atomic E-state index is 0.153. The first-order valence-corrected chi connectivity index (χ1v) is 8.15. The van der Waals surface area contributed by atoms with Crippen molar-refractivity contribution in [2.24, 2.45) is 11.8 Å². The summed E-state index contributed by atoms with van der Waals surface area (Å²) in [6.45, 7) is 2.25. The van der Waals surface area contributed by atoms with Gasteiger partial charge in [-0.3, -0.25) is 4.79 Å². The Morgan fingerprint density at radius 3 is 2.00 bits per heavy atom. The largest absolute Gasteiger partial charge is 0.465 e. The van der Waals surface area contributed by atoms with E-state index in [1.165, 1.54) is 4.90 Å². The molecule has 0 saturated heterocycles. The van der Waals surface area contributed by atoms with Crippen LogP contribution in [0.2, 0.25) is 0 Å². The maximum atomic E-state index is 12.4. The van der Waals surface area contributed by atoms with Crippen LogP contribution < -0.4 is 0 Å². The lowest BCUT2D eigenvalue weighted by atomic mass is 9.80. The summed E-state index contributed by atoms with van der Waals surface area (Å²) in [5, 5.41) is 8.85. The van der Waals surface area contributed by atoms with Crippen LogP contribution in [0.5, 0.6) is 0 Å². The van der Waals surface area contributed by atoms with Gasteiger partial charge in [-0.1, -0.05) is 0 Å². The maximum Gasteiger partial charge on any atom is 0.407 e. The van der Waals surface area contributed by atoms with Gasteiger partial charge in [-0.15, -0.1) is 0 Å². The number of nitrogens with zero attached hydrogens (tertiary/aromatic N) is 3. The zero-order valence-electron chi connectivity index (χ0n) is 14.4. The Morgan fingerprint density at radius 2 is 1.50 bits per heavy atom. The number of amides is 2.